The average Bonchev–Trinajstić information content (AvgIpc) is 2.56. The quantitative estimate of drug-likeness (QED) is 0.742. The van der Waals surface area contributed by atoms with Gasteiger partial charge in [-0.25, -0.2) is 0 Å². The molecule has 1 N–H and O–H groups in total. The van der Waals surface area contributed by atoms with E-state index in [1.165, 1.54) is 11.1 Å². The lowest BCUT2D eigenvalue weighted by Crippen LogP contribution is -2.36. The summed E-state index contributed by atoms with van der Waals surface area (Å²) in [4.78, 5) is 13.0. The van der Waals surface area contributed by atoms with Gasteiger partial charge in [0.05, 0.1) is 5.92 Å². The highest BCUT2D eigenvalue weighted by atomic mass is 16.3. The van der Waals surface area contributed by atoms with E-state index in [0.717, 1.165) is 42.4 Å². The van der Waals surface area contributed by atoms with Gasteiger partial charge in [-0.1, -0.05) is 36.4 Å². The van der Waals surface area contributed by atoms with Crippen LogP contribution in [0.3, 0.4) is 0 Å². The Balaban J connectivity index is 1.95. The second-order valence-electron chi connectivity index (χ2n) is 6.62. The van der Waals surface area contributed by atoms with E-state index in [4.69, 9.17) is 0 Å². The van der Waals surface area contributed by atoms with Gasteiger partial charge in [-0.2, -0.15) is 0 Å². The van der Waals surface area contributed by atoms with E-state index in [0.29, 0.717) is 11.3 Å². The standard InChI is InChI=1S/C20H20O2/c1-11-13-7-3-5-9-15(13)19(21)18-17(11)12(2)14-8-4-6-10-16(14)20(18)22/h3,5,7,9,17-18,22H,1,4,6,8,10H2,2H3. The molecule has 112 valence electrons. The van der Waals surface area contributed by atoms with Gasteiger partial charge in [-0.3, -0.25) is 4.79 Å². The zero-order valence-corrected chi connectivity index (χ0v) is 12.9. The molecular formula is C20H20O2. The van der Waals surface area contributed by atoms with Gasteiger partial charge in [0.1, 0.15) is 5.76 Å². The summed E-state index contributed by atoms with van der Waals surface area (Å²) in [5.41, 5.74) is 6.17. The summed E-state index contributed by atoms with van der Waals surface area (Å²) in [5, 5.41) is 10.8. The molecule has 1 fully saturated rings. The molecule has 0 radical (unpaired) electrons. The molecule has 2 heteroatoms. The fourth-order valence-corrected chi connectivity index (χ4v) is 4.46. The highest BCUT2D eigenvalue weighted by molar-refractivity contribution is 6.08. The van der Waals surface area contributed by atoms with E-state index in [1.807, 2.05) is 24.3 Å². The number of hydrogen-bond acceptors (Lipinski definition) is 2. The van der Waals surface area contributed by atoms with Crippen LogP contribution in [0.1, 0.15) is 48.5 Å². The second-order valence-corrected chi connectivity index (χ2v) is 6.62. The van der Waals surface area contributed by atoms with Crippen molar-refractivity contribution in [3.8, 4) is 0 Å². The molecule has 0 amide bonds. The number of hydrogen-bond donors (Lipinski definition) is 1. The van der Waals surface area contributed by atoms with Crippen molar-refractivity contribution in [3.63, 3.8) is 0 Å². The molecule has 0 heterocycles. The smallest absolute Gasteiger partial charge is 0.175 e. The van der Waals surface area contributed by atoms with Crippen LogP contribution >= 0.6 is 0 Å². The van der Waals surface area contributed by atoms with Crippen LogP contribution in [0, 0.1) is 11.8 Å². The molecule has 3 aliphatic rings. The van der Waals surface area contributed by atoms with Crippen molar-refractivity contribution in [2.45, 2.75) is 32.6 Å². The molecule has 0 aliphatic heterocycles. The molecule has 0 bridgehead atoms. The first kappa shape index (κ1) is 13.6. The molecule has 22 heavy (non-hydrogen) atoms. The van der Waals surface area contributed by atoms with E-state index in [2.05, 4.69) is 13.5 Å². The Morgan fingerprint density at radius 2 is 1.68 bits per heavy atom. The van der Waals surface area contributed by atoms with Crippen molar-refractivity contribution >= 4 is 11.4 Å². The Hall–Kier alpha value is -2.09. The number of fused-ring (bicyclic) bond motifs is 3. The van der Waals surface area contributed by atoms with Crippen LogP contribution in [-0.2, 0) is 0 Å². The second kappa shape index (κ2) is 4.70. The fourth-order valence-electron chi connectivity index (χ4n) is 4.46. The summed E-state index contributed by atoms with van der Waals surface area (Å²) in [6, 6.07) is 7.66. The summed E-state index contributed by atoms with van der Waals surface area (Å²) in [6.07, 6.45) is 4.16. The molecule has 1 aromatic carbocycles. The van der Waals surface area contributed by atoms with Gasteiger partial charge in [-0.05, 0) is 54.9 Å². The first-order valence-electron chi connectivity index (χ1n) is 8.05. The molecule has 2 unspecified atom stereocenters. The topological polar surface area (TPSA) is 37.3 Å². The van der Waals surface area contributed by atoms with Crippen molar-refractivity contribution in [1.29, 1.82) is 0 Å². The lowest BCUT2D eigenvalue weighted by Gasteiger charge is -2.40. The zero-order chi connectivity index (χ0) is 15.4. The summed E-state index contributed by atoms with van der Waals surface area (Å²) in [7, 11) is 0. The monoisotopic (exact) mass is 292 g/mol. The van der Waals surface area contributed by atoms with E-state index in [9.17, 15) is 9.90 Å². The van der Waals surface area contributed by atoms with Gasteiger partial charge in [0.2, 0.25) is 0 Å². The molecule has 0 saturated heterocycles. The minimum Gasteiger partial charge on any atom is -0.511 e. The van der Waals surface area contributed by atoms with E-state index in [1.54, 1.807) is 0 Å². The van der Waals surface area contributed by atoms with Crippen molar-refractivity contribution in [1.82, 2.24) is 0 Å². The number of benzene rings is 1. The summed E-state index contributed by atoms with van der Waals surface area (Å²) >= 11 is 0. The number of Topliss-reactive ketones (excluding diaryl/α,β-unsaturated/α-hetero) is 1. The van der Waals surface area contributed by atoms with E-state index >= 15 is 0 Å². The van der Waals surface area contributed by atoms with Gasteiger partial charge in [-0.15, -0.1) is 0 Å². The van der Waals surface area contributed by atoms with Crippen LogP contribution in [0.4, 0.5) is 0 Å². The van der Waals surface area contributed by atoms with Crippen LogP contribution in [0.5, 0.6) is 0 Å². The summed E-state index contributed by atoms with van der Waals surface area (Å²) < 4.78 is 0. The molecular weight excluding hydrogens is 272 g/mol. The highest BCUT2D eigenvalue weighted by Crippen LogP contribution is 2.51. The third-order valence-electron chi connectivity index (χ3n) is 5.54. The molecule has 1 saturated carbocycles. The molecule has 3 aliphatic carbocycles. The number of ketones is 1. The fraction of sp³-hybridized carbons (Fsp3) is 0.350. The molecule has 0 aromatic heterocycles. The maximum atomic E-state index is 13.0. The summed E-state index contributed by atoms with van der Waals surface area (Å²) in [6.45, 7) is 6.40. The SMILES string of the molecule is C=C1c2ccccc2C(=O)C2C(O)=C3CCCCC3=C(C)C12. The number of carbonyl (C=O) groups is 1. The predicted molar refractivity (Wildman–Crippen MR) is 87.6 cm³/mol. The van der Waals surface area contributed by atoms with Gasteiger partial charge in [0.25, 0.3) is 0 Å². The van der Waals surface area contributed by atoms with Gasteiger partial charge < -0.3 is 5.11 Å². The first-order chi connectivity index (χ1) is 10.6. The number of rotatable bonds is 0. The van der Waals surface area contributed by atoms with E-state index in [-0.39, 0.29) is 11.7 Å². The maximum absolute atomic E-state index is 13.0. The Bertz CT molecular complexity index is 699. The number of aliphatic hydroxyl groups excluding tert-OH is 1. The van der Waals surface area contributed by atoms with Crippen molar-refractivity contribution in [2.24, 2.45) is 11.8 Å². The Morgan fingerprint density at radius 1 is 1.05 bits per heavy atom. The first-order valence-corrected chi connectivity index (χ1v) is 8.05. The molecule has 4 rings (SSSR count). The van der Waals surface area contributed by atoms with Crippen LogP contribution in [0.15, 0.2) is 53.3 Å². The Morgan fingerprint density at radius 3 is 2.41 bits per heavy atom. The normalized spacial score (nSPS) is 27.5. The number of carbonyl (C=O) groups excluding carboxylic acids is 1. The lowest BCUT2D eigenvalue weighted by molar-refractivity contribution is 0.0881. The molecule has 2 nitrogen and oxygen atoms in total. The van der Waals surface area contributed by atoms with E-state index < -0.39 is 5.92 Å². The van der Waals surface area contributed by atoms with Gasteiger partial charge in [0.15, 0.2) is 5.78 Å². The highest BCUT2D eigenvalue weighted by Gasteiger charge is 2.45. The largest absolute Gasteiger partial charge is 0.511 e. The lowest BCUT2D eigenvalue weighted by atomic mass is 9.62. The van der Waals surface area contributed by atoms with Crippen LogP contribution < -0.4 is 0 Å². The zero-order valence-electron chi connectivity index (χ0n) is 12.9. The van der Waals surface area contributed by atoms with Crippen molar-refractivity contribution < 1.29 is 9.90 Å². The van der Waals surface area contributed by atoms with Crippen molar-refractivity contribution in [2.75, 3.05) is 0 Å². The Kier molecular flexibility index (Phi) is 2.90. The van der Waals surface area contributed by atoms with Gasteiger partial charge in [0, 0.05) is 11.5 Å². The summed E-state index contributed by atoms with van der Waals surface area (Å²) in [5.74, 6) is -0.175. The predicted octanol–water partition coefficient (Wildman–Crippen LogP) is 4.84. The third kappa shape index (κ3) is 1.64. The third-order valence-corrected chi connectivity index (χ3v) is 5.54. The number of aliphatic hydroxyl groups is 1. The molecule has 1 aromatic rings. The molecule has 2 atom stereocenters. The minimum atomic E-state index is -0.459. The van der Waals surface area contributed by atoms with Crippen LogP contribution in [0.2, 0.25) is 0 Å². The van der Waals surface area contributed by atoms with Crippen LogP contribution in [0.25, 0.3) is 5.57 Å². The van der Waals surface area contributed by atoms with Gasteiger partial charge >= 0.3 is 0 Å². The maximum Gasteiger partial charge on any atom is 0.175 e. The average molecular weight is 292 g/mol. The minimum absolute atomic E-state index is 0.0435. The molecule has 0 spiro atoms. The van der Waals surface area contributed by atoms with Crippen molar-refractivity contribution in [3.05, 3.63) is 64.4 Å². The Labute approximate surface area is 130 Å². The number of allylic oxidation sites excluding steroid dienone is 5. The van der Waals surface area contributed by atoms with Crippen LogP contribution in [-0.4, -0.2) is 10.9 Å².